The van der Waals surface area contributed by atoms with Gasteiger partial charge in [0.05, 0.1) is 17.9 Å². The minimum Gasteiger partial charge on any atom is -0.494 e. The molecular formula is C22H26N2O3. The zero-order valence-corrected chi connectivity index (χ0v) is 16.2. The fourth-order valence-corrected chi connectivity index (χ4v) is 2.39. The number of benzene rings is 2. The zero-order chi connectivity index (χ0) is 19.9. The van der Waals surface area contributed by atoms with E-state index in [1.165, 1.54) is 6.08 Å². The highest BCUT2D eigenvalue weighted by atomic mass is 16.5. The molecule has 0 aliphatic carbocycles. The summed E-state index contributed by atoms with van der Waals surface area (Å²) in [7, 11) is 0. The van der Waals surface area contributed by atoms with Gasteiger partial charge in [-0.15, -0.1) is 0 Å². The molecule has 142 valence electrons. The van der Waals surface area contributed by atoms with Crippen LogP contribution in [0.15, 0.2) is 54.6 Å². The Morgan fingerprint density at radius 1 is 1.04 bits per heavy atom. The third-order valence-electron chi connectivity index (χ3n) is 3.54. The molecule has 27 heavy (non-hydrogen) atoms. The lowest BCUT2D eigenvalue weighted by molar-refractivity contribution is -0.111. The molecule has 2 aromatic carbocycles. The minimum absolute atomic E-state index is 0.228. The summed E-state index contributed by atoms with van der Waals surface area (Å²) in [5.41, 5.74) is 1.42. The summed E-state index contributed by atoms with van der Waals surface area (Å²) < 4.78 is 5.39. The minimum atomic E-state index is -0.359. The Balaban J connectivity index is 2.06. The quantitative estimate of drug-likeness (QED) is 0.751. The summed E-state index contributed by atoms with van der Waals surface area (Å²) in [6.45, 7) is 8.26. The van der Waals surface area contributed by atoms with E-state index in [9.17, 15) is 9.59 Å². The first-order valence-corrected chi connectivity index (χ1v) is 8.92. The van der Waals surface area contributed by atoms with E-state index in [-0.39, 0.29) is 17.4 Å². The number of hydrogen-bond donors (Lipinski definition) is 2. The molecule has 0 heterocycles. The Kier molecular flexibility index (Phi) is 6.77. The third kappa shape index (κ3) is 6.62. The average Bonchev–Trinajstić information content (AvgIpc) is 2.60. The molecule has 2 aromatic rings. The predicted molar refractivity (Wildman–Crippen MR) is 109 cm³/mol. The third-order valence-corrected chi connectivity index (χ3v) is 3.54. The van der Waals surface area contributed by atoms with Crippen LogP contribution in [0.5, 0.6) is 5.75 Å². The van der Waals surface area contributed by atoms with Crippen LogP contribution >= 0.6 is 0 Å². The number of carbonyl (C=O) groups is 2. The molecule has 0 aromatic heterocycles. The van der Waals surface area contributed by atoms with Gasteiger partial charge < -0.3 is 15.4 Å². The Labute approximate surface area is 160 Å². The van der Waals surface area contributed by atoms with Crippen LogP contribution < -0.4 is 15.4 Å². The van der Waals surface area contributed by atoms with E-state index in [1.54, 1.807) is 30.3 Å². The van der Waals surface area contributed by atoms with Crippen molar-refractivity contribution in [1.82, 2.24) is 5.32 Å². The van der Waals surface area contributed by atoms with Crippen molar-refractivity contribution < 1.29 is 14.3 Å². The van der Waals surface area contributed by atoms with E-state index in [1.807, 2.05) is 52.0 Å². The van der Waals surface area contributed by atoms with Crippen molar-refractivity contribution in [2.24, 2.45) is 0 Å². The van der Waals surface area contributed by atoms with E-state index in [2.05, 4.69) is 10.6 Å². The van der Waals surface area contributed by atoms with Crippen molar-refractivity contribution in [2.45, 2.75) is 33.2 Å². The first-order chi connectivity index (χ1) is 12.8. The van der Waals surface area contributed by atoms with Gasteiger partial charge in [-0.2, -0.15) is 0 Å². The fourth-order valence-electron chi connectivity index (χ4n) is 2.39. The molecule has 0 bridgehead atoms. The Hall–Kier alpha value is -3.08. The van der Waals surface area contributed by atoms with Crippen molar-refractivity contribution in [3.8, 4) is 5.75 Å². The van der Waals surface area contributed by atoms with Crippen LogP contribution in [0.2, 0.25) is 0 Å². The molecule has 0 radical (unpaired) electrons. The van der Waals surface area contributed by atoms with E-state index in [4.69, 9.17) is 4.74 Å². The lowest BCUT2D eigenvalue weighted by Crippen LogP contribution is -2.40. The van der Waals surface area contributed by atoms with Crippen LogP contribution in [0.4, 0.5) is 5.69 Å². The van der Waals surface area contributed by atoms with E-state index in [0.717, 1.165) is 11.3 Å². The molecule has 0 atom stereocenters. The Morgan fingerprint density at radius 3 is 2.33 bits per heavy atom. The second-order valence-electron chi connectivity index (χ2n) is 7.07. The first kappa shape index (κ1) is 20.2. The largest absolute Gasteiger partial charge is 0.494 e. The number of nitrogens with one attached hydrogen (secondary N) is 2. The highest BCUT2D eigenvalue weighted by molar-refractivity contribution is 6.07. The van der Waals surface area contributed by atoms with Crippen LogP contribution in [0, 0.1) is 0 Å². The number of para-hydroxylation sites is 1. The molecule has 0 aliphatic rings. The standard InChI is InChI=1S/C22H26N2O3/c1-5-27-17-13-10-16(11-14-17)12-15-20(25)23-19-9-7-6-8-18(19)21(26)24-22(2,3)4/h6-15H,5H2,1-4H3,(H,23,25)(H,24,26). The molecule has 0 saturated heterocycles. The van der Waals surface area contributed by atoms with Crippen LogP contribution in [0.25, 0.3) is 6.08 Å². The van der Waals surface area contributed by atoms with Gasteiger partial charge in [0, 0.05) is 11.6 Å². The molecule has 5 heteroatoms. The van der Waals surface area contributed by atoms with Crippen LogP contribution in [-0.2, 0) is 4.79 Å². The highest BCUT2D eigenvalue weighted by Gasteiger charge is 2.18. The van der Waals surface area contributed by atoms with Crippen molar-refractivity contribution in [2.75, 3.05) is 11.9 Å². The van der Waals surface area contributed by atoms with Crippen molar-refractivity contribution >= 4 is 23.6 Å². The van der Waals surface area contributed by atoms with Gasteiger partial charge in [0.15, 0.2) is 0 Å². The molecule has 0 fully saturated rings. The molecule has 2 N–H and O–H groups in total. The number of carbonyl (C=O) groups excluding carboxylic acids is 2. The lowest BCUT2D eigenvalue weighted by Gasteiger charge is -2.21. The van der Waals surface area contributed by atoms with Gasteiger partial charge in [0.25, 0.3) is 5.91 Å². The van der Waals surface area contributed by atoms with Crippen molar-refractivity contribution in [3.05, 3.63) is 65.7 Å². The lowest BCUT2D eigenvalue weighted by atomic mass is 10.1. The smallest absolute Gasteiger partial charge is 0.253 e. The molecule has 0 unspecified atom stereocenters. The molecule has 0 spiro atoms. The second kappa shape index (κ2) is 9.03. The van der Waals surface area contributed by atoms with E-state index < -0.39 is 0 Å². The average molecular weight is 366 g/mol. The van der Waals surface area contributed by atoms with Crippen LogP contribution in [0.1, 0.15) is 43.6 Å². The number of amides is 2. The summed E-state index contributed by atoms with van der Waals surface area (Å²) in [5.74, 6) is 0.256. The zero-order valence-electron chi connectivity index (χ0n) is 16.2. The number of hydrogen-bond acceptors (Lipinski definition) is 3. The van der Waals surface area contributed by atoms with Crippen LogP contribution in [0.3, 0.4) is 0 Å². The fraction of sp³-hybridized carbons (Fsp3) is 0.273. The van der Waals surface area contributed by atoms with Gasteiger partial charge in [-0.3, -0.25) is 9.59 Å². The topological polar surface area (TPSA) is 67.4 Å². The number of anilines is 1. The molecule has 0 saturated carbocycles. The summed E-state index contributed by atoms with van der Waals surface area (Å²) in [4.78, 5) is 24.7. The maximum absolute atomic E-state index is 12.4. The van der Waals surface area contributed by atoms with Gasteiger partial charge in [-0.25, -0.2) is 0 Å². The summed E-state index contributed by atoms with van der Waals surface area (Å²) in [5, 5.41) is 5.67. The van der Waals surface area contributed by atoms with E-state index in [0.29, 0.717) is 17.9 Å². The number of rotatable bonds is 6. The van der Waals surface area contributed by atoms with Gasteiger partial charge in [0.1, 0.15) is 5.75 Å². The summed E-state index contributed by atoms with van der Waals surface area (Å²) in [6.07, 6.45) is 3.15. The Morgan fingerprint density at radius 2 is 1.70 bits per heavy atom. The molecule has 0 aliphatic heterocycles. The normalized spacial score (nSPS) is 11.3. The SMILES string of the molecule is CCOc1ccc(C=CC(=O)Nc2ccccc2C(=O)NC(C)(C)C)cc1. The maximum Gasteiger partial charge on any atom is 0.253 e. The maximum atomic E-state index is 12.4. The van der Waals surface area contributed by atoms with Gasteiger partial charge in [-0.1, -0.05) is 24.3 Å². The second-order valence-corrected chi connectivity index (χ2v) is 7.07. The molecule has 5 nitrogen and oxygen atoms in total. The van der Waals surface area contributed by atoms with Crippen LogP contribution in [-0.4, -0.2) is 24.0 Å². The summed E-state index contributed by atoms with van der Waals surface area (Å²) in [6, 6.07) is 14.4. The highest BCUT2D eigenvalue weighted by Crippen LogP contribution is 2.17. The number of ether oxygens (including phenoxy) is 1. The first-order valence-electron chi connectivity index (χ1n) is 8.92. The van der Waals surface area contributed by atoms with Crippen molar-refractivity contribution in [3.63, 3.8) is 0 Å². The van der Waals surface area contributed by atoms with Gasteiger partial charge in [0.2, 0.25) is 5.91 Å². The molecular weight excluding hydrogens is 340 g/mol. The van der Waals surface area contributed by atoms with Crippen molar-refractivity contribution in [1.29, 1.82) is 0 Å². The molecule has 2 amide bonds. The van der Waals surface area contributed by atoms with Gasteiger partial charge >= 0.3 is 0 Å². The molecule has 2 rings (SSSR count). The Bertz CT molecular complexity index is 818. The van der Waals surface area contributed by atoms with E-state index >= 15 is 0 Å². The predicted octanol–water partition coefficient (Wildman–Crippen LogP) is 4.27. The van der Waals surface area contributed by atoms with Gasteiger partial charge in [-0.05, 0) is 63.6 Å². The summed E-state index contributed by atoms with van der Waals surface area (Å²) >= 11 is 0. The monoisotopic (exact) mass is 366 g/mol.